The third-order valence-corrected chi connectivity index (χ3v) is 3.85. The van der Waals surface area contributed by atoms with Crippen molar-refractivity contribution in [1.29, 1.82) is 0 Å². The highest BCUT2D eigenvalue weighted by Crippen LogP contribution is 2.39. The summed E-state index contributed by atoms with van der Waals surface area (Å²) in [5.74, 6) is 0. The van der Waals surface area contributed by atoms with Crippen LogP contribution in [0.1, 0.15) is 60.8 Å². The van der Waals surface area contributed by atoms with Gasteiger partial charge in [-0.25, -0.2) is 9.59 Å². The van der Waals surface area contributed by atoms with Gasteiger partial charge < -0.3 is 19.7 Å². The Morgan fingerprint density at radius 3 is 2.09 bits per heavy atom. The molecule has 3 aliphatic rings. The van der Waals surface area contributed by atoms with E-state index in [1.54, 1.807) is 4.90 Å². The molecule has 6 nitrogen and oxygen atoms in total. The van der Waals surface area contributed by atoms with Crippen molar-refractivity contribution in [2.45, 2.75) is 90.1 Å². The summed E-state index contributed by atoms with van der Waals surface area (Å²) in [6.07, 6.45) is 1.96. The fraction of sp³-hybridized carbons (Fsp3) is 0.875. The van der Waals surface area contributed by atoms with Crippen LogP contribution >= 0.6 is 0 Å². The van der Waals surface area contributed by atoms with Gasteiger partial charge >= 0.3 is 12.2 Å². The summed E-state index contributed by atoms with van der Waals surface area (Å²) in [6.45, 7) is 11.1. The zero-order valence-electron chi connectivity index (χ0n) is 14.4. The summed E-state index contributed by atoms with van der Waals surface area (Å²) in [4.78, 5) is 26.0. The third kappa shape index (κ3) is 4.05. The molecule has 3 unspecified atom stereocenters. The van der Waals surface area contributed by atoms with E-state index in [-0.39, 0.29) is 24.2 Å². The predicted octanol–water partition coefficient (Wildman–Crippen LogP) is 3.05. The minimum absolute atomic E-state index is 0.0149. The van der Waals surface area contributed by atoms with Crippen molar-refractivity contribution in [2.24, 2.45) is 0 Å². The smallest absolute Gasteiger partial charge is 0.410 e. The Kier molecular flexibility index (Phi) is 4.33. The SMILES string of the molecule is CC(C)(C)OC(=O)NC1CCC2CC1N2C(=O)OC(C)(C)C. The number of nitrogens with one attached hydrogen (secondary N) is 1. The van der Waals surface area contributed by atoms with Gasteiger partial charge in [0, 0.05) is 6.04 Å². The van der Waals surface area contributed by atoms with E-state index < -0.39 is 17.3 Å². The molecule has 1 saturated carbocycles. The van der Waals surface area contributed by atoms with Gasteiger partial charge in [0.25, 0.3) is 0 Å². The van der Waals surface area contributed by atoms with Crippen molar-refractivity contribution >= 4 is 12.2 Å². The first kappa shape index (κ1) is 16.9. The highest BCUT2D eigenvalue weighted by atomic mass is 16.6. The van der Waals surface area contributed by atoms with E-state index in [0.29, 0.717) is 0 Å². The second-order valence-corrected chi connectivity index (χ2v) is 8.17. The van der Waals surface area contributed by atoms with Gasteiger partial charge in [-0.1, -0.05) is 0 Å². The average molecular weight is 312 g/mol. The number of carbonyl (C=O) groups is 2. The highest BCUT2D eigenvalue weighted by Gasteiger charge is 2.51. The van der Waals surface area contributed by atoms with E-state index >= 15 is 0 Å². The van der Waals surface area contributed by atoms with Gasteiger partial charge in [0.05, 0.1) is 12.1 Å². The Bertz CT molecular complexity index is 446. The van der Waals surface area contributed by atoms with Crippen LogP contribution in [0.15, 0.2) is 0 Å². The summed E-state index contributed by atoms with van der Waals surface area (Å²) in [6, 6.07) is 0.199. The lowest BCUT2D eigenvalue weighted by Gasteiger charge is -2.55. The van der Waals surface area contributed by atoms with E-state index in [1.165, 1.54) is 0 Å². The number of ether oxygens (including phenoxy) is 2. The van der Waals surface area contributed by atoms with Gasteiger partial charge in [0.15, 0.2) is 0 Å². The normalized spacial score (nSPS) is 27.7. The number of nitrogens with zero attached hydrogens (tertiary/aromatic N) is 1. The lowest BCUT2D eigenvalue weighted by molar-refractivity contribution is -0.0646. The molecule has 3 atom stereocenters. The highest BCUT2D eigenvalue weighted by molar-refractivity contribution is 5.72. The Balaban J connectivity index is 1.93. The van der Waals surface area contributed by atoms with Crippen LogP contribution in [0.25, 0.3) is 0 Å². The summed E-state index contributed by atoms with van der Waals surface area (Å²) < 4.78 is 10.8. The molecule has 22 heavy (non-hydrogen) atoms. The number of carbonyl (C=O) groups excluding carboxylic acids is 2. The third-order valence-electron chi connectivity index (χ3n) is 3.85. The van der Waals surface area contributed by atoms with Gasteiger partial charge in [-0.05, 0) is 60.8 Å². The number of hydrogen-bond acceptors (Lipinski definition) is 4. The Hall–Kier alpha value is -1.46. The van der Waals surface area contributed by atoms with E-state index in [0.717, 1.165) is 19.3 Å². The van der Waals surface area contributed by atoms with Crippen LogP contribution in [0.5, 0.6) is 0 Å². The topological polar surface area (TPSA) is 67.9 Å². The van der Waals surface area contributed by atoms with Gasteiger partial charge in [-0.2, -0.15) is 0 Å². The summed E-state index contributed by atoms with van der Waals surface area (Å²) in [5.41, 5.74) is -1.03. The Morgan fingerprint density at radius 2 is 1.59 bits per heavy atom. The maximum atomic E-state index is 12.3. The van der Waals surface area contributed by atoms with Crippen LogP contribution in [-0.4, -0.2) is 46.4 Å². The predicted molar refractivity (Wildman–Crippen MR) is 82.7 cm³/mol. The minimum atomic E-state index is -0.522. The number of fused-ring (bicyclic) bond motifs is 2. The molecule has 1 aliphatic carbocycles. The van der Waals surface area contributed by atoms with Gasteiger partial charge in [-0.3, -0.25) is 0 Å². The fourth-order valence-corrected chi connectivity index (χ4v) is 3.04. The van der Waals surface area contributed by atoms with Crippen molar-refractivity contribution in [2.75, 3.05) is 0 Å². The van der Waals surface area contributed by atoms with E-state index in [9.17, 15) is 9.59 Å². The molecule has 6 heteroatoms. The first-order chi connectivity index (χ1) is 9.96. The molecule has 0 radical (unpaired) electrons. The zero-order valence-corrected chi connectivity index (χ0v) is 14.4. The van der Waals surface area contributed by atoms with Crippen molar-refractivity contribution in [1.82, 2.24) is 10.2 Å². The summed E-state index contributed by atoms with van der Waals surface area (Å²) in [5, 5.41) is 2.90. The molecule has 2 saturated heterocycles. The number of piperidine rings is 1. The Morgan fingerprint density at radius 1 is 1.00 bits per heavy atom. The zero-order chi connectivity index (χ0) is 16.7. The summed E-state index contributed by atoms with van der Waals surface area (Å²) >= 11 is 0. The molecule has 2 aliphatic heterocycles. The quantitative estimate of drug-likeness (QED) is 0.808. The lowest BCUT2D eigenvalue weighted by atomic mass is 9.76. The molecule has 126 valence electrons. The summed E-state index contributed by atoms with van der Waals surface area (Å²) in [7, 11) is 0. The lowest BCUT2D eigenvalue weighted by Crippen LogP contribution is -2.70. The van der Waals surface area contributed by atoms with Crippen LogP contribution in [0.4, 0.5) is 9.59 Å². The number of alkyl carbamates (subject to hydrolysis) is 1. The molecule has 2 bridgehead atoms. The molecule has 0 aromatic heterocycles. The van der Waals surface area contributed by atoms with Crippen molar-refractivity contribution in [3.05, 3.63) is 0 Å². The van der Waals surface area contributed by atoms with Crippen molar-refractivity contribution < 1.29 is 19.1 Å². The van der Waals surface area contributed by atoms with Gasteiger partial charge in [0.2, 0.25) is 0 Å². The van der Waals surface area contributed by atoms with Crippen molar-refractivity contribution in [3.63, 3.8) is 0 Å². The van der Waals surface area contributed by atoms with E-state index in [4.69, 9.17) is 9.47 Å². The molecule has 0 aromatic carbocycles. The largest absolute Gasteiger partial charge is 0.444 e. The molecule has 2 amide bonds. The average Bonchev–Trinajstić information content (AvgIpc) is 2.22. The number of amides is 2. The minimum Gasteiger partial charge on any atom is -0.444 e. The van der Waals surface area contributed by atoms with Crippen LogP contribution in [0.2, 0.25) is 0 Å². The maximum absolute atomic E-state index is 12.3. The van der Waals surface area contributed by atoms with Crippen LogP contribution in [0.3, 0.4) is 0 Å². The molecule has 0 spiro atoms. The van der Waals surface area contributed by atoms with E-state index in [1.807, 2.05) is 41.5 Å². The monoisotopic (exact) mass is 312 g/mol. The van der Waals surface area contributed by atoms with Crippen LogP contribution in [0, 0.1) is 0 Å². The van der Waals surface area contributed by atoms with Gasteiger partial charge in [-0.15, -0.1) is 0 Å². The standard InChI is InChI=1S/C16H28N2O4/c1-15(2,3)21-13(19)17-11-8-7-10-9-12(11)18(10)14(20)22-16(4,5)6/h10-12H,7-9H2,1-6H3,(H,17,19). The molecule has 3 fully saturated rings. The maximum Gasteiger partial charge on any atom is 0.410 e. The van der Waals surface area contributed by atoms with Gasteiger partial charge in [0.1, 0.15) is 11.2 Å². The number of rotatable bonds is 1. The molecular weight excluding hydrogens is 284 g/mol. The second-order valence-electron chi connectivity index (χ2n) is 8.17. The molecular formula is C16H28N2O4. The molecule has 3 rings (SSSR count). The van der Waals surface area contributed by atoms with Crippen molar-refractivity contribution in [3.8, 4) is 0 Å². The van der Waals surface area contributed by atoms with E-state index in [2.05, 4.69) is 5.32 Å². The fourth-order valence-electron chi connectivity index (χ4n) is 3.04. The molecule has 0 aromatic rings. The molecule has 2 heterocycles. The second kappa shape index (κ2) is 5.63. The Labute approximate surface area is 132 Å². The van der Waals surface area contributed by atoms with Crippen LogP contribution in [-0.2, 0) is 9.47 Å². The first-order valence-electron chi connectivity index (χ1n) is 7.97. The first-order valence-corrected chi connectivity index (χ1v) is 7.97. The number of hydrogen-bond donors (Lipinski definition) is 1. The molecule has 1 N–H and O–H groups in total. The van der Waals surface area contributed by atoms with Crippen LogP contribution < -0.4 is 5.32 Å².